The highest BCUT2D eigenvalue weighted by molar-refractivity contribution is 14.1. The maximum atomic E-state index is 12.4. The molecule has 0 aromatic heterocycles. The summed E-state index contributed by atoms with van der Waals surface area (Å²) >= 11 is 1.99. The van der Waals surface area contributed by atoms with Gasteiger partial charge in [0, 0.05) is 11.3 Å². The summed E-state index contributed by atoms with van der Waals surface area (Å²) in [6.07, 6.45) is -1.21. The van der Waals surface area contributed by atoms with Crippen LogP contribution in [0.3, 0.4) is 0 Å². The summed E-state index contributed by atoms with van der Waals surface area (Å²) in [4.78, 5) is 31.2. The number of amidine groups is 1. The van der Waals surface area contributed by atoms with Crippen LogP contribution in [0.5, 0.6) is 0 Å². The first kappa shape index (κ1) is 24.5. The Morgan fingerprint density at radius 2 is 1.57 bits per heavy atom. The van der Waals surface area contributed by atoms with Gasteiger partial charge in [0.05, 0.1) is 39.3 Å². The highest BCUT2D eigenvalue weighted by Crippen LogP contribution is 2.38. The van der Waals surface area contributed by atoms with Gasteiger partial charge in [-0.1, -0.05) is 0 Å². The van der Waals surface area contributed by atoms with Gasteiger partial charge in [0.1, 0.15) is 18.6 Å². The van der Waals surface area contributed by atoms with E-state index in [1.165, 1.54) is 0 Å². The molecular weight excluding hydrogens is 501 g/mol. The van der Waals surface area contributed by atoms with Crippen LogP contribution in [0.2, 0.25) is 0 Å². The molecule has 0 aliphatic carbocycles. The molecule has 30 heavy (non-hydrogen) atoms. The lowest BCUT2D eigenvalue weighted by atomic mass is 9.96. The lowest BCUT2D eigenvalue weighted by Crippen LogP contribution is -2.50. The summed E-state index contributed by atoms with van der Waals surface area (Å²) in [5.74, 6) is -0.132. The minimum atomic E-state index is -0.648. The molecule has 0 radical (unpaired) electrons. The van der Waals surface area contributed by atoms with Crippen molar-refractivity contribution in [3.05, 3.63) is 22.7 Å². The molecule has 2 heterocycles. The van der Waals surface area contributed by atoms with Crippen molar-refractivity contribution in [2.45, 2.75) is 74.6 Å². The maximum absolute atomic E-state index is 12.4. The molecule has 2 atom stereocenters. The van der Waals surface area contributed by atoms with Crippen LogP contribution in [-0.4, -0.2) is 49.9 Å². The van der Waals surface area contributed by atoms with E-state index in [4.69, 9.17) is 9.47 Å². The molecule has 0 aromatic carbocycles. The molecule has 2 rings (SSSR count). The molecule has 2 aliphatic rings. The van der Waals surface area contributed by atoms with Crippen molar-refractivity contribution >= 4 is 40.6 Å². The van der Waals surface area contributed by atoms with Crippen molar-refractivity contribution in [1.29, 1.82) is 0 Å². The third kappa shape index (κ3) is 4.92. The Kier molecular flexibility index (Phi) is 6.85. The molecule has 0 bridgehead atoms. The first-order chi connectivity index (χ1) is 13.6. The molecule has 9 heteroatoms. The number of halogens is 1. The van der Waals surface area contributed by atoms with Gasteiger partial charge in [-0.25, -0.2) is 4.99 Å². The number of fused-ring (bicyclic) bond motifs is 1. The smallest absolute Gasteiger partial charge is 0.313 e. The highest BCUT2D eigenvalue weighted by atomic mass is 127. The van der Waals surface area contributed by atoms with Gasteiger partial charge in [-0.2, -0.15) is 0 Å². The molecule has 0 amide bonds. The van der Waals surface area contributed by atoms with Crippen LogP contribution in [0.25, 0.3) is 0 Å². The number of hydrogen-bond acceptors (Lipinski definition) is 8. The molecule has 0 aromatic rings. The number of rotatable bonds is 4. The quantitative estimate of drug-likeness (QED) is 0.328. The number of nitrogens with zero attached hydrogens (tertiary/aromatic N) is 3. The summed E-state index contributed by atoms with van der Waals surface area (Å²) in [6.45, 7) is 16.4. The number of hydrogen-bond donors (Lipinski definition) is 1. The molecule has 168 valence electrons. The zero-order chi connectivity index (χ0) is 23.2. The van der Waals surface area contributed by atoms with Crippen LogP contribution >= 0.6 is 22.9 Å². The van der Waals surface area contributed by atoms with Crippen molar-refractivity contribution in [2.75, 3.05) is 6.67 Å². The third-order valence-electron chi connectivity index (χ3n) is 4.79. The third-order valence-corrected chi connectivity index (χ3v) is 5.55. The summed E-state index contributed by atoms with van der Waals surface area (Å²) < 4.78 is 12.9. The number of aliphatic hydroxyl groups is 1. The maximum Gasteiger partial charge on any atom is 0.313 e. The van der Waals surface area contributed by atoms with Crippen LogP contribution in [0.4, 0.5) is 0 Å². The first-order valence-corrected chi connectivity index (χ1v) is 10.9. The fourth-order valence-corrected chi connectivity index (χ4v) is 3.54. The predicted molar refractivity (Wildman–Crippen MR) is 122 cm³/mol. The summed E-state index contributed by atoms with van der Waals surface area (Å²) in [7, 11) is 0. The van der Waals surface area contributed by atoms with Crippen LogP contribution in [-0.2, 0) is 19.1 Å². The van der Waals surface area contributed by atoms with Gasteiger partial charge in [0.15, 0.2) is 6.23 Å². The number of carbonyl (C=O) groups excluding carboxylic acids is 2. The number of allylic oxidation sites excluding steroid dienone is 1. The Balaban J connectivity index is 2.34. The number of ether oxygens (including phenoxy) is 2. The Labute approximate surface area is 192 Å². The summed E-state index contributed by atoms with van der Waals surface area (Å²) in [6, 6.07) is 0. The number of aliphatic imine (C=N–C) groups is 1. The van der Waals surface area contributed by atoms with Crippen molar-refractivity contribution in [3.8, 4) is 0 Å². The lowest BCUT2D eigenvalue weighted by Gasteiger charge is -2.39. The largest absolute Gasteiger partial charge is 0.494 e. The van der Waals surface area contributed by atoms with Gasteiger partial charge in [-0.15, -0.1) is 0 Å². The van der Waals surface area contributed by atoms with Crippen molar-refractivity contribution in [2.24, 2.45) is 15.8 Å². The molecule has 0 saturated carbocycles. The average Bonchev–Trinajstić information content (AvgIpc) is 2.93. The van der Waals surface area contributed by atoms with Gasteiger partial charge in [-0.3, -0.25) is 12.7 Å². The Hall–Kier alpha value is -1.78. The zero-order valence-electron chi connectivity index (χ0n) is 19.2. The van der Waals surface area contributed by atoms with Crippen LogP contribution < -0.4 is 0 Å². The van der Waals surface area contributed by atoms with Gasteiger partial charge in [0.25, 0.3) is 0 Å². The monoisotopic (exact) mass is 533 g/mol. The predicted octanol–water partition coefficient (Wildman–Crippen LogP) is 4.28. The zero-order valence-corrected chi connectivity index (χ0v) is 21.3. The van der Waals surface area contributed by atoms with E-state index >= 15 is 0 Å². The van der Waals surface area contributed by atoms with Gasteiger partial charge < -0.3 is 19.5 Å². The topological polar surface area (TPSA) is 91.7 Å². The molecule has 0 saturated heterocycles. The van der Waals surface area contributed by atoms with Gasteiger partial charge >= 0.3 is 11.9 Å². The van der Waals surface area contributed by atoms with Crippen molar-refractivity contribution in [3.63, 3.8) is 0 Å². The second-order valence-corrected chi connectivity index (χ2v) is 10.8. The van der Waals surface area contributed by atoms with E-state index in [0.717, 1.165) is 0 Å². The number of carbonyl (C=O) groups is 2. The Morgan fingerprint density at radius 3 is 2.07 bits per heavy atom. The normalized spacial score (nSPS) is 19.5. The molecule has 1 N–H and O–H groups in total. The average molecular weight is 533 g/mol. The van der Waals surface area contributed by atoms with Gasteiger partial charge in [-0.05, 0) is 62.3 Å². The SMILES string of the molecule is CC1=C(C(C)OC(=O)C(C)(C)C)C2=C(O)N(I)CN(C(C)OC(=O)C(C)(C)C)C2=N1. The van der Waals surface area contributed by atoms with E-state index < -0.39 is 23.2 Å². The minimum absolute atomic E-state index is 0.0328. The number of esters is 2. The lowest BCUT2D eigenvalue weighted by molar-refractivity contribution is -0.164. The van der Waals surface area contributed by atoms with Crippen molar-refractivity contribution < 1.29 is 24.2 Å². The second kappa shape index (κ2) is 8.39. The molecule has 2 aliphatic heterocycles. The van der Waals surface area contributed by atoms with Crippen molar-refractivity contribution in [1.82, 2.24) is 8.01 Å². The Morgan fingerprint density at radius 1 is 1.07 bits per heavy atom. The van der Waals surface area contributed by atoms with Crippen LogP contribution in [0, 0.1) is 10.8 Å². The Bertz CT molecular complexity index is 833. The molecule has 2 unspecified atom stereocenters. The van der Waals surface area contributed by atoms with E-state index in [0.29, 0.717) is 22.7 Å². The molecular formula is C21H32IN3O5. The van der Waals surface area contributed by atoms with Crippen LogP contribution in [0.15, 0.2) is 27.7 Å². The van der Waals surface area contributed by atoms with E-state index in [1.807, 2.05) is 29.8 Å². The summed E-state index contributed by atoms with van der Waals surface area (Å²) in [5, 5.41) is 10.8. The minimum Gasteiger partial charge on any atom is -0.494 e. The number of aliphatic hydroxyl groups excluding tert-OH is 1. The second-order valence-electron chi connectivity index (χ2n) is 9.66. The standard InChI is InChI=1S/C21H32IN3O5/c1-11-14(12(2)29-18(27)20(4,5)6)15-16(23-11)24(10-25(22)17(15)26)13(3)30-19(28)21(7,8)9/h12-13,26H,10H2,1-9H3. The molecule has 8 nitrogen and oxygen atoms in total. The van der Waals surface area contributed by atoms with E-state index in [-0.39, 0.29) is 24.5 Å². The summed E-state index contributed by atoms with van der Waals surface area (Å²) in [5.41, 5.74) is 0.487. The molecule has 0 fully saturated rings. The molecule has 0 spiro atoms. The van der Waals surface area contributed by atoms with Crippen LogP contribution in [0.1, 0.15) is 62.3 Å². The highest BCUT2D eigenvalue weighted by Gasteiger charge is 2.42. The van der Waals surface area contributed by atoms with Gasteiger partial charge in [0.2, 0.25) is 5.88 Å². The fourth-order valence-electron chi connectivity index (χ4n) is 2.97. The fraction of sp³-hybridized carbons (Fsp3) is 0.667. The van der Waals surface area contributed by atoms with E-state index in [1.54, 1.807) is 63.4 Å². The first-order valence-electron chi connectivity index (χ1n) is 9.91. The van der Waals surface area contributed by atoms with E-state index in [9.17, 15) is 14.7 Å². The van der Waals surface area contributed by atoms with E-state index in [2.05, 4.69) is 4.99 Å².